The van der Waals surface area contributed by atoms with Crippen molar-refractivity contribution in [3.8, 4) is 11.5 Å². The maximum atomic E-state index is 13.1. The smallest absolute Gasteiger partial charge is 0.243 e. The fourth-order valence-electron chi connectivity index (χ4n) is 3.69. The summed E-state index contributed by atoms with van der Waals surface area (Å²) in [6, 6.07) is 8.39. The van der Waals surface area contributed by atoms with Gasteiger partial charge >= 0.3 is 0 Å². The van der Waals surface area contributed by atoms with Gasteiger partial charge in [-0.05, 0) is 30.5 Å². The molecule has 3 heterocycles. The van der Waals surface area contributed by atoms with Crippen molar-refractivity contribution in [2.75, 3.05) is 39.4 Å². The number of nitrogens with one attached hydrogen (secondary N) is 1. The van der Waals surface area contributed by atoms with Gasteiger partial charge in [0.1, 0.15) is 0 Å². The summed E-state index contributed by atoms with van der Waals surface area (Å²) in [5.41, 5.74) is 0. The van der Waals surface area contributed by atoms with Gasteiger partial charge in [0.25, 0.3) is 0 Å². The first-order chi connectivity index (χ1) is 14.9. The van der Waals surface area contributed by atoms with Crippen LogP contribution in [0.1, 0.15) is 18.2 Å². The summed E-state index contributed by atoms with van der Waals surface area (Å²) in [7, 11) is -3.64. The number of amides is 1. The molecule has 1 fully saturated rings. The van der Waals surface area contributed by atoms with Crippen LogP contribution in [0.4, 0.5) is 0 Å². The second kappa shape index (κ2) is 9.56. The van der Waals surface area contributed by atoms with Gasteiger partial charge in [0.05, 0.1) is 30.7 Å². The van der Waals surface area contributed by atoms with Gasteiger partial charge in [0.2, 0.25) is 15.9 Å². The molecule has 0 spiro atoms. The summed E-state index contributed by atoms with van der Waals surface area (Å²) < 4.78 is 39.0. The van der Waals surface area contributed by atoms with Crippen LogP contribution in [-0.4, -0.2) is 69.0 Å². The Morgan fingerprint density at radius 2 is 1.87 bits per heavy atom. The number of hydrogen-bond acceptors (Lipinski definition) is 7. The lowest BCUT2D eigenvalue weighted by Crippen LogP contribution is -2.54. The first-order valence-electron chi connectivity index (χ1n) is 10.4. The van der Waals surface area contributed by atoms with E-state index in [9.17, 15) is 13.2 Å². The van der Waals surface area contributed by atoms with E-state index >= 15 is 0 Å². The molecule has 2 aliphatic heterocycles. The van der Waals surface area contributed by atoms with Crippen molar-refractivity contribution in [1.82, 2.24) is 14.5 Å². The van der Waals surface area contributed by atoms with Crippen molar-refractivity contribution < 1.29 is 22.7 Å². The maximum Gasteiger partial charge on any atom is 0.243 e. The number of benzene rings is 1. The second-order valence-corrected chi connectivity index (χ2v) is 10.5. The summed E-state index contributed by atoms with van der Waals surface area (Å²) in [6.07, 6.45) is 0.762. The van der Waals surface area contributed by atoms with E-state index in [1.54, 1.807) is 29.5 Å². The van der Waals surface area contributed by atoms with Crippen molar-refractivity contribution in [3.63, 3.8) is 0 Å². The zero-order valence-electron chi connectivity index (χ0n) is 17.5. The van der Waals surface area contributed by atoms with E-state index in [2.05, 4.69) is 5.32 Å². The molecule has 1 N–H and O–H groups in total. The number of thiophene rings is 1. The molecule has 0 radical (unpaired) electrons. The molecule has 2 aliphatic rings. The predicted molar refractivity (Wildman–Crippen MR) is 118 cm³/mol. The highest BCUT2D eigenvalue weighted by Gasteiger charge is 2.32. The van der Waals surface area contributed by atoms with E-state index in [1.165, 1.54) is 4.31 Å². The van der Waals surface area contributed by atoms with Gasteiger partial charge in [-0.3, -0.25) is 9.69 Å². The van der Waals surface area contributed by atoms with Crippen LogP contribution in [0.25, 0.3) is 0 Å². The number of nitrogens with zero attached hydrogens (tertiary/aromatic N) is 2. The Bertz CT molecular complexity index is 1000. The Kier molecular flexibility index (Phi) is 6.80. The van der Waals surface area contributed by atoms with E-state index in [0.29, 0.717) is 57.4 Å². The summed E-state index contributed by atoms with van der Waals surface area (Å²) in [5.74, 6) is 0.990. The number of hydrogen-bond donors (Lipinski definition) is 1. The lowest BCUT2D eigenvalue weighted by atomic mass is 10.2. The lowest BCUT2D eigenvalue weighted by molar-refractivity contribution is -0.126. The summed E-state index contributed by atoms with van der Waals surface area (Å²) in [5, 5.41) is 4.94. The van der Waals surface area contributed by atoms with Crippen molar-refractivity contribution in [3.05, 3.63) is 40.6 Å². The highest BCUT2D eigenvalue weighted by Crippen LogP contribution is 2.33. The first kappa shape index (κ1) is 22.1. The zero-order chi connectivity index (χ0) is 21.8. The van der Waals surface area contributed by atoms with Gasteiger partial charge in [-0.15, -0.1) is 11.3 Å². The fraction of sp³-hybridized carbons (Fsp3) is 0.476. The number of rotatable bonds is 6. The standard InChI is InChI=1S/C21H27N3O5S2/c1-16(21(25)22-15-17-4-2-13-30-17)23-7-9-24(10-8-23)31(26,27)18-5-6-19-20(14-18)29-12-3-11-28-19/h2,4-6,13-14,16H,3,7-12,15H2,1H3,(H,22,25)/t16-/m0/s1. The molecule has 0 saturated carbocycles. The molecule has 1 saturated heterocycles. The van der Waals surface area contributed by atoms with Gasteiger partial charge in [-0.2, -0.15) is 4.31 Å². The molecule has 8 nitrogen and oxygen atoms in total. The monoisotopic (exact) mass is 465 g/mol. The Labute approximate surface area is 186 Å². The zero-order valence-corrected chi connectivity index (χ0v) is 19.1. The van der Waals surface area contributed by atoms with Crippen LogP contribution >= 0.6 is 11.3 Å². The second-order valence-electron chi connectivity index (χ2n) is 7.57. The van der Waals surface area contributed by atoms with Crippen LogP contribution in [0.2, 0.25) is 0 Å². The molecule has 31 heavy (non-hydrogen) atoms. The third-order valence-corrected chi connectivity index (χ3v) is 8.35. The normalized spacial score (nSPS) is 18.9. The topological polar surface area (TPSA) is 88.2 Å². The highest BCUT2D eigenvalue weighted by molar-refractivity contribution is 7.89. The van der Waals surface area contributed by atoms with Crippen LogP contribution < -0.4 is 14.8 Å². The average Bonchev–Trinajstić information content (AvgIpc) is 3.20. The van der Waals surface area contributed by atoms with E-state index in [0.717, 1.165) is 11.3 Å². The van der Waals surface area contributed by atoms with Gasteiger partial charge in [-0.1, -0.05) is 6.07 Å². The summed E-state index contributed by atoms with van der Waals surface area (Å²) in [4.78, 5) is 15.8. The minimum Gasteiger partial charge on any atom is -0.490 e. The van der Waals surface area contributed by atoms with Gasteiger partial charge < -0.3 is 14.8 Å². The third kappa shape index (κ3) is 5.03. The largest absolute Gasteiger partial charge is 0.490 e. The predicted octanol–water partition coefficient (Wildman–Crippen LogP) is 1.92. The molecule has 2 aromatic rings. The number of sulfonamides is 1. The number of carbonyl (C=O) groups is 1. The lowest BCUT2D eigenvalue weighted by Gasteiger charge is -2.36. The third-order valence-electron chi connectivity index (χ3n) is 5.57. The number of fused-ring (bicyclic) bond motifs is 1. The Morgan fingerprint density at radius 3 is 2.58 bits per heavy atom. The minimum atomic E-state index is -3.64. The van der Waals surface area contributed by atoms with Crippen LogP contribution in [-0.2, 0) is 21.4 Å². The molecule has 168 valence electrons. The van der Waals surface area contributed by atoms with Crippen LogP contribution in [0.5, 0.6) is 11.5 Å². The number of ether oxygens (including phenoxy) is 2. The van der Waals surface area contributed by atoms with Crippen molar-refractivity contribution in [2.45, 2.75) is 30.8 Å². The number of carbonyl (C=O) groups excluding carboxylic acids is 1. The quantitative estimate of drug-likeness (QED) is 0.701. The van der Waals surface area contributed by atoms with Gasteiger partial charge in [-0.25, -0.2) is 8.42 Å². The molecule has 1 atom stereocenters. The molecule has 4 rings (SSSR count). The summed E-state index contributed by atoms with van der Waals surface area (Å²) >= 11 is 1.60. The summed E-state index contributed by atoms with van der Waals surface area (Å²) in [6.45, 7) is 5.09. The molecule has 1 amide bonds. The molecular weight excluding hydrogens is 438 g/mol. The molecule has 1 aromatic heterocycles. The Hall–Kier alpha value is -2.14. The Morgan fingerprint density at radius 1 is 1.13 bits per heavy atom. The first-order valence-corrected chi connectivity index (χ1v) is 12.7. The SMILES string of the molecule is C[C@@H](C(=O)NCc1cccs1)N1CCN(S(=O)(=O)c2ccc3c(c2)OCCCO3)CC1. The Balaban J connectivity index is 1.35. The molecule has 0 aliphatic carbocycles. The molecule has 10 heteroatoms. The average molecular weight is 466 g/mol. The van der Waals surface area contributed by atoms with Crippen LogP contribution in [0.3, 0.4) is 0 Å². The van der Waals surface area contributed by atoms with Crippen molar-refractivity contribution in [1.29, 1.82) is 0 Å². The van der Waals surface area contributed by atoms with Crippen molar-refractivity contribution >= 4 is 27.3 Å². The van der Waals surface area contributed by atoms with Crippen LogP contribution in [0.15, 0.2) is 40.6 Å². The molecular formula is C21H27N3O5S2. The highest BCUT2D eigenvalue weighted by atomic mass is 32.2. The van der Waals surface area contributed by atoms with E-state index < -0.39 is 10.0 Å². The minimum absolute atomic E-state index is 0.0485. The van der Waals surface area contributed by atoms with E-state index in [4.69, 9.17) is 9.47 Å². The molecule has 1 aromatic carbocycles. The fourth-order valence-corrected chi connectivity index (χ4v) is 5.77. The number of piperazine rings is 1. The van der Waals surface area contributed by atoms with E-state index in [-0.39, 0.29) is 16.8 Å². The molecule has 0 bridgehead atoms. The maximum absolute atomic E-state index is 13.1. The van der Waals surface area contributed by atoms with Crippen LogP contribution in [0, 0.1) is 0 Å². The molecule has 0 unspecified atom stereocenters. The van der Waals surface area contributed by atoms with Gasteiger partial charge in [0, 0.05) is 43.5 Å². The van der Waals surface area contributed by atoms with Crippen molar-refractivity contribution in [2.24, 2.45) is 0 Å². The van der Waals surface area contributed by atoms with Gasteiger partial charge in [0.15, 0.2) is 11.5 Å². The van der Waals surface area contributed by atoms with E-state index in [1.807, 2.05) is 29.3 Å².